The molecule has 0 unspecified atom stereocenters. The summed E-state index contributed by atoms with van der Waals surface area (Å²) in [5.74, 6) is 1.72. The molecule has 1 heterocycles. The van der Waals surface area contributed by atoms with Crippen molar-refractivity contribution in [2.24, 2.45) is 5.92 Å². The largest absolute Gasteiger partial charge is 0.490 e. The molecule has 1 aromatic rings. The molecule has 1 aliphatic heterocycles. The minimum atomic E-state index is -3.52. The van der Waals surface area contributed by atoms with E-state index in [9.17, 15) is 8.42 Å². The van der Waals surface area contributed by atoms with Gasteiger partial charge in [0.1, 0.15) is 0 Å². The SMILES string of the molecule is CCOc1ccc(S(=O)(=O)N2CCN(CCC(C)C)CC2)cc1OCC. The van der Waals surface area contributed by atoms with Crippen LogP contribution in [0.5, 0.6) is 11.5 Å². The molecule has 1 aromatic carbocycles. The first-order valence-corrected chi connectivity index (χ1v) is 10.9. The fourth-order valence-corrected chi connectivity index (χ4v) is 4.41. The van der Waals surface area contributed by atoms with Crippen molar-refractivity contribution in [2.45, 2.75) is 39.0 Å². The van der Waals surface area contributed by atoms with Gasteiger partial charge in [-0.15, -0.1) is 0 Å². The van der Waals surface area contributed by atoms with Crippen molar-refractivity contribution in [1.29, 1.82) is 0 Å². The molecular weight excluding hydrogens is 352 g/mol. The Kier molecular flexibility index (Phi) is 7.73. The van der Waals surface area contributed by atoms with Crippen molar-refractivity contribution in [1.82, 2.24) is 9.21 Å². The molecule has 0 spiro atoms. The molecule has 2 rings (SSSR count). The highest BCUT2D eigenvalue weighted by Crippen LogP contribution is 2.31. The first-order chi connectivity index (χ1) is 12.4. The van der Waals surface area contributed by atoms with Crippen molar-refractivity contribution in [3.8, 4) is 11.5 Å². The molecule has 148 valence electrons. The Balaban J connectivity index is 2.09. The highest BCUT2D eigenvalue weighted by Gasteiger charge is 2.29. The van der Waals surface area contributed by atoms with E-state index >= 15 is 0 Å². The summed E-state index contributed by atoms with van der Waals surface area (Å²) in [6.07, 6.45) is 1.14. The number of nitrogens with zero attached hydrogens (tertiary/aromatic N) is 2. The van der Waals surface area contributed by atoms with Crippen LogP contribution in [0.15, 0.2) is 23.1 Å². The summed E-state index contributed by atoms with van der Waals surface area (Å²) in [7, 11) is -3.52. The molecule has 0 amide bonds. The van der Waals surface area contributed by atoms with Gasteiger partial charge < -0.3 is 14.4 Å². The van der Waals surface area contributed by atoms with Crippen LogP contribution in [-0.2, 0) is 10.0 Å². The van der Waals surface area contributed by atoms with E-state index in [4.69, 9.17) is 9.47 Å². The maximum atomic E-state index is 13.0. The second-order valence-electron chi connectivity index (χ2n) is 6.90. The standard InChI is InChI=1S/C19H32N2O4S/c1-5-24-18-8-7-17(15-19(18)25-6-2)26(22,23)21-13-11-20(12-14-21)10-9-16(3)4/h7-8,15-16H,5-6,9-14H2,1-4H3. The second-order valence-corrected chi connectivity index (χ2v) is 8.84. The molecular formula is C19H32N2O4S. The summed E-state index contributed by atoms with van der Waals surface area (Å²) in [5.41, 5.74) is 0. The van der Waals surface area contributed by atoms with Crippen LogP contribution in [0.1, 0.15) is 34.1 Å². The molecule has 26 heavy (non-hydrogen) atoms. The number of benzene rings is 1. The Morgan fingerprint density at radius 1 is 1.00 bits per heavy atom. The summed E-state index contributed by atoms with van der Waals surface area (Å²) in [4.78, 5) is 2.61. The van der Waals surface area contributed by atoms with Crippen LogP contribution in [-0.4, -0.2) is 63.6 Å². The van der Waals surface area contributed by atoms with E-state index in [2.05, 4.69) is 18.7 Å². The van der Waals surface area contributed by atoms with Gasteiger partial charge in [0.15, 0.2) is 11.5 Å². The van der Waals surface area contributed by atoms with Gasteiger partial charge in [0.25, 0.3) is 0 Å². The van der Waals surface area contributed by atoms with Crippen LogP contribution in [0.2, 0.25) is 0 Å². The minimum Gasteiger partial charge on any atom is -0.490 e. The van der Waals surface area contributed by atoms with E-state index in [1.807, 2.05) is 13.8 Å². The van der Waals surface area contributed by atoms with Crippen LogP contribution in [0.25, 0.3) is 0 Å². The van der Waals surface area contributed by atoms with Crippen LogP contribution in [0, 0.1) is 5.92 Å². The molecule has 6 nitrogen and oxygen atoms in total. The van der Waals surface area contributed by atoms with E-state index in [-0.39, 0.29) is 4.90 Å². The summed E-state index contributed by atoms with van der Waals surface area (Å²) in [5, 5.41) is 0. The molecule has 1 aliphatic rings. The maximum Gasteiger partial charge on any atom is 0.243 e. The lowest BCUT2D eigenvalue weighted by Gasteiger charge is -2.34. The van der Waals surface area contributed by atoms with Crippen molar-refractivity contribution < 1.29 is 17.9 Å². The number of piperazine rings is 1. The lowest BCUT2D eigenvalue weighted by molar-refractivity contribution is 0.180. The first kappa shape index (κ1) is 21.0. The Bertz CT molecular complexity index is 668. The monoisotopic (exact) mass is 384 g/mol. The Morgan fingerprint density at radius 3 is 2.19 bits per heavy atom. The third-order valence-electron chi connectivity index (χ3n) is 4.51. The number of sulfonamides is 1. The molecule has 0 bridgehead atoms. The zero-order valence-corrected chi connectivity index (χ0v) is 17.2. The quantitative estimate of drug-likeness (QED) is 0.655. The molecule has 0 radical (unpaired) electrons. The van der Waals surface area contributed by atoms with Gasteiger partial charge >= 0.3 is 0 Å². The van der Waals surface area contributed by atoms with Gasteiger partial charge in [-0.3, -0.25) is 0 Å². The molecule has 1 fully saturated rings. The third kappa shape index (κ3) is 5.34. The van der Waals surface area contributed by atoms with Crippen molar-refractivity contribution in [3.63, 3.8) is 0 Å². The van der Waals surface area contributed by atoms with Gasteiger partial charge in [0.05, 0.1) is 18.1 Å². The predicted molar refractivity (Wildman–Crippen MR) is 103 cm³/mol. The summed E-state index contributed by atoms with van der Waals surface area (Å²) >= 11 is 0. The zero-order chi connectivity index (χ0) is 19.2. The lowest BCUT2D eigenvalue weighted by Crippen LogP contribution is -2.48. The predicted octanol–water partition coefficient (Wildman–Crippen LogP) is 2.84. The van der Waals surface area contributed by atoms with Gasteiger partial charge in [0.2, 0.25) is 10.0 Å². The summed E-state index contributed by atoms with van der Waals surface area (Å²) < 4.78 is 38.7. The Morgan fingerprint density at radius 2 is 1.62 bits per heavy atom. The number of rotatable bonds is 9. The molecule has 0 aliphatic carbocycles. The maximum absolute atomic E-state index is 13.0. The van der Waals surface area contributed by atoms with Gasteiger partial charge in [-0.25, -0.2) is 8.42 Å². The van der Waals surface area contributed by atoms with Crippen LogP contribution < -0.4 is 9.47 Å². The molecule has 0 aromatic heterocycles. The van der Waals surface area contributed by atoms with E-state index in [1.54, 1.807) is 22.5 Å². The van der Waals surface area contributed by atoms with Gasteiger partial charge in [0, 0.05) is 32.2 Å². The Labute approximate surface area is 158 Å². The number of hydrogen-bond donors (Lipinski definition) is 0. The molecule has 0 N–H and O–H groups in total. The fraction of sp³-hybridized carbons (Fsp3) is 0.684. The third-order valence-corrected chi connectivity index (χ3v) is 6.40. The molecule has 0 atom stereocenters. The molecule has 0 saturated carbocycles. The number of ether oxygens (including phenoxy) is 2. The van der Waals surface area contributed by atoms with Gasteiger partial charge in [-0.2, -0.15) is 4.31 Å². The van der Waals surface area contributed by atoms with E-state index in [0.29, 0.717) is 43.7 Å². The van der Waals surface area contributed by atoms with Gasteiger partial charge in [-0.1, -0.05) is 13.8 Å². The molecule has 1 saturated heterocycles. The van der Waals surface area contributed by atoms with Crippen molar-refractivity contribution in [2.75, 3.05) is 45.9 Å². The van der Waals surface area contributed by atoms with E-state index in [1.165, 1.54) is 0 Å². The van der Waals surface area contributed by atoms with Crippen molar-refractivity contribution >= 4 is 10.0 Å². The van der Waals surface area contributed by atoms with E-state index in [0.717, 1.165) is 26.1 Å². The topological polar surface area (TPSA) is 59.1 Å². The lowest BCUT2D eigenvalue weighted by atomic mass is 10.1. The average molecular weight is 385 g/mol. The Hall–Kier alpha value is -1.31. The van der Waals surface area contributed by atoms with Crippen LogP contribution in [0.4, 0.5) is 0 Å². The smallest absolute Gasteiger partial charge is 0.243 e. The summed E-state index contributed by atoms with van der Waals surface area (Å²) in [6.45, 7) is 12.8. The second kappa shape index (κ2) is 9.58. The van der Waals surface area contributed by atoms with Crippen LogP contribution >= 0.6 is 0 Å². The van der Waals surface area contributed by atoms with Crippen molar-refractivity contribution in [3.05, 3.63) is 18.2 Å². The average Bonchev–Trinajstić information content (AvgIpc) is 2.62. The zero-order valence-electron chi connectivity index (χ0n) is 16.4. The first-order valence-electron chi connectivity index (χ1n) is 9.50. The highest BCUT2D eigenvalue weighted by atomic mass is 32.2. The normalized spacial score (nSPS) is 16.8. The minimum absolute atomic E-state index is 0.264. The fourth-order valence-electron chi connectivity index (χ4n) is 2.98. The number of hydrogen-bond acceptors (Lipinski definition) is 5. The molecule has 7 heteroatoms. The van der Waals surface area contributed by atoms with Crippen LogP contribution in [0.3, 0.4) is 0 Å². The van der Waals surface area contributed by atoms with Gasteiger partial charge in [-0.05, 0) is 44.9 Å². The van der Waals surface area contributed by atoms with E-state index < -0.39 is 10.0 Å². The highest BCUT2D eigenvalue weighted by molar-refractivity contribution is 7.89. The summed E-state index contributed by atoms with van der Waals surface area (Å²) in [6, 6.07) is 4.86.